The standard InChI is InChI=1S/C8H14O2S/c1-4-7(11-5-2)6(3)8(9)10/h4-5H2,1-3H3,(H,9,10)/b7-6+. The van der Waals surface area contributed by atoms with Gasteiger partial charge in [-0.05, 0) is 24.0 Å². The maximum Gasteiger partial charge on any atom is 0.332 e. The zero-order valence-corrected chi connectivity index (χ0v) is 7.99. The number of rotatable bonds is 4. The van der Waals surface area contributed by atoms with Crippen molar-refractivity contribution in [2.24, 2.45) is 0 Å². The van der Waals surface area contributed by atoms with Crippen molar-refractivity contribution < 1.29 is 9.90 Å². The Balaban J connectivity index is 4.39. The highest BCUT2D eigenvalue weighted by Gasteiger charge is 2.06. The van der Waals surface area contributed by atoms with E-state index in [0.29, 0.717) is 5.57 Å². The molecule has 3 heteroatoms. The SMILES string of the molecule is CCS/C(CC)=C(\C)C(=O)O. The molecular weight excluding hydrogens is 160 g/mol. The molecule has 0 aliphatic carbocycles. The van der Waals surface area contributed by atoms with Crippen molar-refractivity contribution in [2.75, 3.05) is 5.75 Å². The van der Waals surface area contributed by atoms with E-state index in [1.165, 1.54) is 0 Å². The third-order valence-corrected chi connectivity index (χ3v) is 2.61. The van der Waals surface area contributed by atoms with Gasteiger partial charge in [0.15, 0.2) is 0 Å². The predicted octanol–water partition coefficient (Wildman–Crippen LogP) is 2.51. The third kappa shape index (κ3) is 3.46. The smallest absolute Gasteiger partial charge is 0.332 e. The van der Waals surface area contributed by atoms with Gasteiger partial charge in [0.25, 0.3) is 0 Å². The molecule has 0 fully saturated rings. The van der Waals surface area contributed by atoms with Gasteiger partial charge in [0.1, 0.15) is 0 Å². The fraction of sp³-hybridized carbons (Fsp3) is 0.625. The second kappa shape index (κ2) is 5.24. The van der Waals surface area contributed by atoms with Crippen molar-refractivity contribution in [3.05, 3.63) is 10.5 Å². The van der Waals surface area contributed by atoms with Gasteiger partial charge in [0.05, 0.1) is 0 Å². The van der Waals surface area contributed by atoms with E-state index in [0.717, 1.165) is 17.1 Å². The molecule has 0 aromatic rings. The lowest BCUT2D eigenvalue weighted by molar-refractivity contribution is -0.132. The highest BCUT2D eigenvalue weighted by atomic mass is 32.2. The average Bonchev–Trinajstić information content (AvgIpc) is 1.98. The highest BCUT2D eigenvalue weighted by Crippen LogP contribution is 2.22. The summed E-state index contributed by atoms with van der Waals surface area (Å²) in [7, 11) is 0. The van der Waals surface area contributed by atoms with Crippen molar-refractivity contribution in [1.29, 1.82) is 0 Å². The van der Waals surface area contributed by atoms with E-state index >= 15 is 0 Å². The van der Waals surface area contributed by atoms with Crippen molar-refractivity contribution in [1.82, 2.24) is 0 Å². The van der Waals surface area contributed by atoms with Crippen LogP contribution in [0.1, 0.15) is 27.2 Å². The highest BCUT2D eigenvalue weighted by molar-refractivity contribution is 8.03. The Hall–Kier alpha value is -0.440. The lowest BCUT2D eigenvalue weighted by atomic mass is 10.2. The molecule has 0 aliphatic heterocycles. The minimum atomic E-state index is -0.803. The van der Waals surface area contributed by atoms with Crippen LogP contribution in [0.5, 0.6) is 0 Å². The third-order valence-electron chi connectivity index (χ3n) is 1.38. The summed E-state index contributed by atoms with van der Waals surface area (Å²) >= 11 is 1.61. The Morgan fingerprint density at radius 1 is 1.45 bits per heavy atom. The minimum Gasteiger partial charge on any atom is -0.478 e. The second-order valence-corrected chi connectivity index (χ2v) is 3.50. The molecule has 0 atom stereocenters. The van der Waals surface area contributed by atoms with Crippen LogP contribution >= 0.6 is 11.8 Å². The summed E-state index contributed by atoms with van der Waals surface area (Å²) in [6, 6.07) is 0. The number of thioether (sulfide) groups is 1. The molecule has 2 nitrogen and oxygen atoms in total. The number of carbonyl (C=O) groups is 1. The lowest BCUT2D eigenvalue weighted by Crippen LogP contribution is -1.99. The average molecular weight is 174 g/mol. The van der Waals surface area contributed by atoms with E-state index in [-0.39, 0.29) is 0 Å². The molecule has 64 valence electrons. The molecule has 0 aromatic heterocycles. The van der Waals surface area contributed by atoms with Crippen LogP contribution in [0.4, 0.5) is 0 Å². The van der Waals surface area contributed by atoms with Crippen molar-refractivity contribution in [2.45, 2.75) is 27.2 Å². The maximum absolute atomic E-state index is 10.5. The molecule has 0 saturated carbocycles. The number of carboxylic acid groups (broad SMARTS) is 1. The van der Waals surface area contributed by atoms with Crippen LogP contribution < -0.4 is 0 Å². The Morgan fingerprint density at radius 3 is 2.27 bits per heavy atom. The molecule has 0 saturated heterocycles. The van der Waals surface area contributed by atoms with Crippen molar-refractivity contribution >= 4 is 17.7 Å². The Bertz CT molecular complexity index is 173. The number of hydrogen-bond donors (Lipinski definition) is 1. The van der Waals surface area contributed by atoms with Crippen LogP contribution in [0.3, 0.4) is 0 Å². The van der Waals surface area contributed by atoms with Gasteiger partial charge in [-0.2, -0.15) is 0 Å². The van der Waals surface area contributed by atoms with Gasteiger partial charge in [-0.1, -0.05) is 13.8 Å². The van der Waals surface area contributed by atoms with Crippen LogP contribution in [0.25, 0.3) is 0 Å². The molecule has 0 amide bonds. The van der Waals surface area contributed by atoms with Crippen molar-refractivity contribution in [3.63, 3.8) is 0 Å². The molecular formula is C8H14O2S. The van der Waals surface area contributed by atoms with Crippen LogP contribution in [-0.2, 0) is 4.79 Å². The summed E-state index contributed by atoms with van der Waals surface area (Å²) < 4.78 is 0. The van der Waals surface area contributed by atoms with Gasteiger partial charge in [0.2, 0.25) is 0 Å². The van der Waals surface area contributed by atoms with Crippen LogP contribution in [-0.4, -0.2) is 16.8 Å². The molecule has 0 rings (SSSR count). The van der Waals surface area contributed by atoms with Gasteiger partial charge >= 0.3 is 5.97 Å². The quantitative estimate of drug-likeness (QED) is 0.665. The first-order chi connectivity index (χ1) is 5.13. The predicted molar refractivity (Wildman–Crippen MR) is 48.8 cm³/mol. The number of aliphatic carboxylic acids is 1. The zero-order valence-electron chi connectivity index (χ0n) is 7.18. The first-order valence-electron chi connectivity index (χ1n) is 3.69. The van der Waals surface area contributed by atoms with E-state index in [1.54, 1.807) is 18.7 Å². The van der Waals surface area contributed by atoms with E-state index in [1.807, 2.05) is 13.8 Å². The summed E-state index contributed by atoms with van der Waals surface area (Å²) in [5.41, 5.74) is 0.486. The molecule has 0 aliphatic rings. The zero-order chi connectivity index (χ0) is 8.85. The van der Waals surface area contributed by atoms with Gasteiger partial charge in [-0.3, -0.25) is 0 Å². The first-order valence-corrected chi connectivity index (χ1v) is 4.67. The Morgan fingerprint density at radius 2 is 2.00 bits per heavy atom. The van der Waals surface area contributed by atoms with Crippen LogP contribution in [0.2, 0.25) is 0 Å². The normalized spacial score (nSPS) is 12.6. The molecule has 0 aromatic carbocycles. The minimum absolute atomic E-state index is 0.486. The van der Waals surface area contributed by atoms with E-state index in [4.69, 9.17) is 5.11 Å². The summed E-state index contributed by atoms with van der Waals surface area (Å²) in [4.78, 5) is 11.5. The topological polar surface area (TPSA) is 37.3 Å². The molecule has 0 bridgehead atoms. The summed E-state index contributed by atoms with van der Waals surface area (Å²) in [5, 5.41) is 8.64. The Labute approximate surface area is 71.7 Å². The fourth-order valence-electron chi connectivity index (χ4n) is 0.769. The van der Waals surface area contributed by atoms with E-state index in [9.17, 15) is 4.79 Å². The first kappa shape index (κ1) is 10.6. The fourth-order valence-corrected chi connectivity index (χ4v) is 1.63. The van der Waals surface area contributed by atoms with Crippen LogP contribution in [0, 0.1) is 0 Å². The van der Waals surface area contributed by atoms with E-state index < -0.39 is 5.97 Å². The van der Waals surface area contributed by atoms with Gasteiger partial charge in [-0.25, -0.2) is 4.79 Å². The number of hydrogen-bond acceptors (Lipinski definition) is 2. The van der Waals surface area contributed by atoms with Crippen LogP contribution in [0.15, 0.2) is 10.5 Å². The molecule has 0 heterocycles. The summed E-state index contributed by atoms with van der Waals surface area (Å²) in [6.45, 7) is 5.66. The van der Waals surface area contributed by atoms with Gasteiger partial charge < -0.3 is 5.11 Å². The number of carboxylic acids is 1. The lowest BCUT2D eigenvalue weighted by Gasteiger charge is -2.03. The molecule has 0 radical (unpaired) electrons. The van der Waals surface area contributed by atoms with Gasteiger partial charge in [-0.15, -0.1) is 11.8 Å². The van der Waals surface area contributed by atoms with E-state index in [2.05, 4.69) is 0 Å². The monoisotopic (exact) mass is 174 g/mol. The van der Waals surface area contributed by atoms with Gasteiger partial charge in [0, 0.05) is 5.57 Å². The molecule has 1 N–H and O–H groups in total. The largest absolute Gasteiger partial charge is 0.478 e. The second-order valence-electron chi connectivity index (χ2n) is 2.14. The summed E-state index contributed by atoms with van der Waals surface area (Å²) in [6.07, 6.45) is 0.816. The summed E-state index contributed by atoms with van der Waals surface area (Å²) in [5.74, 6) is 0.135. The maximum atomic E-state index is 10.5. The van der Waals surface area contributed by atoms with Crippen molar-refractivity contribution in [3.8, 4) is 0 Å². The molecule has 0 spiro atoms. The molecule has 11 heavy (non-hydrogen) atoms. The number of allylic oxidation sites excluding steroid dienone is 1. The molecule has 0 unspecified atom stereocenters. The Kier molecular flexibility index (Phi) is 5.03.